The van der Waals surface area contributed by atoms with Crippen molar-refractivity contribution in [2.24, 2.45) is 0 Å². The second-order valence-electron chi connectivity index (χ2n) is 5.68. The molecule has 1 saturated carbocycles. The lowest BCUT2D eigenvalue weighted by atomic mass is 10.0. The van der Waals surface area contributed by atoms with Crippen molar-refractivity contribution in [3.63, 3.8) is 0 Å². The minimum absolute atomic E-state index is 0.0846. The first-order chi connectivity index (χ1) is 9.56. The van der Waals surface area contributed by atoms with Crippen LogP contribution in [-0.4, -0.2) is 23.6 Å². The Morgan fingerprint density at radius 1 is 1.45 bits per heavy atom. The normalized spacial score (nSPS) is 15.9. The zero-order valence-electron chi connectivity index (χ0n) is 12.3. The van der Waals surface area contributed by atoms with Gasteiger partial charge in [-0.25, -0.2) is 0 Å². The van der Waals surface area contributed by atoms with Crippen LogP contribution in [0.4, 0.5) is 0 Å². The molecule has 1 aliphatic carbocycles. The largest absolute Gasteiger partial charge is 0.508 e. The van der Waals surface area contributed by atoms with Crippen molar-refractivity contribution in [3.8, 4) is 5.75 Å². The third kappa shape index (κ3) is 4.53. The Hall–Kier alpha value is -1.55. The van der Waals surface area contributed by atoms with Gasteiger partial charge in [0.1, 0.15) is 5.75 Å². The van der Waals surface area contributed by atoms with E-state index in [2.05, 4.69) is 10.6 Å². The monoisotopic (exact) mass is 276 g/mol. The number of phenols is 1. The Morgan fingerprint density at radius 2 is 2.20 bits per heavy atom. The quantitative estimate of drug-likeness (QED) is 0.670. The lowest BCUT2D eigenvalue weighted by Crippen LogP contribution is -2.27. The third-order valence-corrected chi connectivity index (χ3v) is 3.62. The van der Waals surface area contributed by atoms with Crippen LogP contribution in [0.3, 0.4) is 0 Å². The van der Waals surface area contributed by atoms with Crippen LogP contribution in [-0.2, 0) is 4.79 Å². The number of aryl methyl sites for hydroxylation is 1. The lowest BCUT2D eigenvalue weighted by Gasteiger charge is -2.16. The van der Waals surface area contributed by atoms with Crippen LogP contribution in [0.25, 0.3) is 0 Å². The molecule has 0 heterocycles. The zero-order chi connectivity index (χ0) is 14.5. The fourth-order valence-corrected chi connectivity index (χ4v) is 2.23. The highest BCUT2D eigenvalue weighted by atomic mass is 16.3. The van der Waals surface area contributed by atoms with E-state index in [1.165, 1.54) is 0 Å². The van der Waals surface area contributed by atoms with Gasteiger partial charge < -0.3 is 15.7 Å². The molecule has 0 aromatic heterocycles. The summed E-state index contributed by atoms with van der Waals surface area (Å²) >= 11 is 0. The van der Waals surface area contributed by atoms with Gasteiger partial charge in [0.15, 0.2) is 0 Å². The van der Waals surface area contributed by atoms with Gasteiger partial charge >= 0.3 is 0 Å². The SMILES string of the molecule is Cc1ccc(O)c(C(C)NCCCC(=O)NC2CC2)c1. The topological polar surface area (TPSA) is 61.4 Å². The second-order valence-corrected chi connectivity index (χ2v) is 5.68. The Balaban J connectivity index is 1.70. The number of carbonyl (C=O) groups is 1. The molecule has 0 spiro atoms. The minimum atomic E-state index is 0.0846. The van der Waals surface area contributed by atoms with E-state index < -0.39 is 0 Å². The maximum absolute atomic E-state index is 11.5. The Morgan fingerprint density at radius 3 is 2.90 bits per heavy atom. The van der Waals surface area contributed by atoms with E-state index >= 15 is 0 Å². The van der Waals surface area contributed by atoms with Crippen LogP contribution in [0, 0.1) is 6.92 Å². The van der Waals surface area contributed by atoms with Gasteiger partial charge in [-0.2, -0.15) is 0 Å². The van der Waals surface area contributed by atoms with Crippen LogP contribution in [0.5, 0.6) is 5.75 Å². The molecule has 0 aliphatic heterocycles. The van der Waals surface area contributed by atoms with E-state index in [0.29, 0.717) is 18.2 Å². The van der Waals surface area contributed by atoms with Crippen molar-refractivity contribution in [2.75, 3.05) is 6.54 Å². The molecule has 0 saturated heterocycles. The summed E-state index contributed by atoms with van der Waals surface area (Å²) in [7, 11) is 0. The first-order valence-corrected chi connectivity index (χ1v) is 7.38. The maximum atomic E-state index is 11.5. The number of hydrogen-bond donors (Lipinski definition) is 3. The van der Waals surface area contributed by atoms with Crippen molar-refractivity contribution in [1.29, 1.82) is 0 Å². The van der Waals surface area contributed by atoms with Crippen LogP contribution in [0.15, 0.2) is 18.2 Å². The van der Waals surface area contributed by atoms with Gasteiger partial charge in [0, 0.05) is 24.1 Å². The standard InChI is InChI=1S/C16H24N2O2/c1-11-5-8-15(19)14(10-11)12(2)17-9-3-4-16(20)18-13-6-7-13/h5,8,10,12-13,17,19H,3-4,6-7,9H2,1-2H3,(H,18,20). The van der Waals surface area contributed by atoms with E-state index in [-0.39, 0.29) is 11.9 Å². The molecule has 1 unspecified atom stereocenters. The van der Waals surface area contributed by atoms with E-state index in [0.717, 1.165) is 36.9 Å². The third-order valence-electron chi connectivity index (χ3n) is 3.62. The van der Waals surface area contributed by atoms with Gasteiger partial charge in [-0.3, -0.25) is 4.79 Å². The highest BCUT2D eigenvalue weighted by Gasteiger charge is 2.22. The molecule has 0 radical (unpaired) electrons. The van der Waals surface area contributed by atoms with Gasteiger partial charge in [0.25, 0.3) is 0 Å². The molecular weight excluding hydrogens is 252 g/mol. The molecule has 20 heavy (non-hydrogen) atoms. The van der Waals surface area contributed by atoms with Crippen molar-refractivity contribution in [2.45, 2.75) is 51.6 Å². The Labute approximate surface area is 120 Å². The molecule has 1 atom stereocenters. The number of aromatic hydroxyl groups is 1. The molecule has 1 aromatic rings. The molecule has 4 nitrogen and oxygen atoms in total. The average molecular weight is 276 g/mol. The Kier molecular flexibility index (Phi) is 5.01. The summed E-state index contributed by atoms with van der Waals surface area (Å²) in [5.41, 5.74) is 2.04. The number of phenolic OH excluding ortho intramolecular Hbond substituents is 1. The molecule has 1 aromatic carbocycles. The zero-order valence-corrected chi connectivity index (χ0v) is 12.3. The molecule has 3 N–H and O–H groups in total. The lowest BCUT2D eigenvalue weighted by molar-refractivity contribution is -0.121. The van der Waals surface area contributed by atoms with Crippen LogP contribution in [0.1, 0.15) is 49.8 Å². The summed E-state index contributed by atoms with van der Waals surface area (Å²) in [5, 5.41) is 16.2. The maximum Gasteiger partial charge on any atom is 0.220 e. The van der Waals surface area contributed by atoms with Crippen LogP contribution >= 0.6 is 0 Å². The van der Waals surface area contributed by atoms with E-state index in [4.69, 9.17) is 0 Å². The Bertz CT molecular complexity index is 470. The number of amides is 1. The number of rotatable bonds is 7. The predicted molar refractivity (Wildman–Crippen MR) is 79.7 cm³/mol. The van der Waals surface area contributed by atoms with Gasteiger partial charge in [-0.1, -0.05) is 17.7 Å². The van der Waals surface area contributed by atoms with E-state index in [9.17, 15) is 9.90 Å². The molecule has 1 fully saturated rings. The minimum Gasteiger partial charge on any atom is -0.508 e. The van der Waals surface area contributed by atoms with Crippen molar-refractivity contribution < 1.29 is 9.90 Å². The molecule has 2 rings (SSSR count). The van der Waals surface area contributed by atoms with Gasteiger partial charge in [-0.05, 0) is 45.7 Å². The number of nitrogens with one attached hydrogen (secondary N) is 2. The highest BCUT2D eigenvalue weighted by molar-refractivity contribution is 5.76. The molecule has 4 heteroatoms. The number of hydrogen-bond acceptors (Lipinski definition) is 3. The molecule has 1 amide bonds. The smallest absolute Gasteiger partial charge is 0.220 e. The number of carbonyl (C=O) groups excluding carboxylic acids is 1. The predicted octanol–water partition coefficient (Wildman–Crippen LogP) is 2.41. The number of benzene rings is 1. The first kappa shape index (κ1) is 14.9. The molecule has 1 aliphatic rings. The molecule has 110 valence electrons. The second kappa shape index (κ2) is 6.75. The van der Waals surface area contributed by atoms with Crippen molar-refractivity contribution in [1.82, 2.24) is 10.6 Å². The van der Waals surface area contributed by atoms with Crippen molar-refractivity contribution >= 4 is 5.91 Å². The van der Waals surface area contributed by atoms with Gasteiger partial charge in [0.2, 0.25) is 5.91 Å². The fourth-order valence-electron chi connectivity index (χ4n) is 2.23. The fraction of sp³-hybridized carbons (Fsp3) is 0.562. The summed E-state index contributed by atoms with van der Waals surface area (Å²) in [6, 6.07) is 6.15. The van der Waals surface area contributed by atoms with Gasteiger partial charge in [-0.15, -0.1) is 0 Å². The average Bonchev–Trinajstić information content (AvgIpc) is 3.21. The summed E-state index contributed by atoms with van der Waals surface area (Å²) in [5.74, 6) is 0.474. The first-order valence-electron chi connectivity index (χ1n) is 7.38. The van der Waals surface area contributed by atoms with Crippen LogP contribution in [0.2, 0.25) is 0 Å². The van der Waals surface area contributed by atoms with Crippen LogP contribution < -0.4 is 10.6 Å². The summed E-state index contributed by atoms with van der Waals surface area (Å²) in [4.78, 5) is 11.5. The molecule has 0 bridgehead atoms. The summed E-state index contributed by atoms with van der Waals surface area (Å²) in [6.07, 6.45) is 3.65. The van der Waals surface area contributed by atoms with Crippen molar-refractivity contribution in [3.05, 3.63) is 29.3 Å². The summed E-state index contributed by atoms with van der Waals surface area (Å²) < 4.78 is 0. The summed E-state index contributed by atoms with van der Waals surface area (Å²) in [6.45, 7) is 4.81. The molecular formula is C16H24N2O2. The van der Waals surface area contributed by atoms with Gasteiger partial charge in [0.05, 0.1) is 0 Å². The van der Waals surface area contributed by atoms with E-state index in [1.807, 2.05) is 26.0 Å². The van der Waals surface area contributed by atoms with E-state index in [1.54, 1.807) is 6.07 Å². The highest BCUT2D eigenvalue weighted by Crippen LogP contribution is 2.24.